The second kappa shape index (κ2) is 5.85. The van der Waals surface area contributed by atoms with Gasteiger partial charge >= 0.3 is 0 Å². The van der Waals surface area contributed by atoms with Crippen molar-refractivity contribution in [1.29, 1.82) is 0 Å². The summed E-state index contributed by atoms with van der Waals surface area (Å²) < 4.78 is 25.9. The highest BCUT2D eigenvalue weighted by Crippen LogP contribution is 2.22. The number of aromatic nitrogens is 1. The van der Waals surface area contributed by atoms with Crippen LogP contribution in [-0.4, -0.2) is 48.6 Å². The van der Waals surface area contributed by atoms with Crippen molar-refractivity contribution >= 4 is 15.8 Å². The number of aliphatic hydroxyl groups is 1. The first-order valence-electron chi connectivity index (χ1n) is 6.05. The molecule has 0 amide bonds. The van der Waals surface area contributed by atoms with Crippen LogP contribution in [0.25, 0.3) is 0 Å². The largest absolute Gasteiger partial charge is 0.394 e. The summed E-state index contributed by atoms with van der Waals surface area (Å²) >= 11 is 0. The summed E-state index contributed by atoms with van der Waals surface area (Å²) in [6.45, 7) is 5.71. The molecule has 0 spiro atoms. The Morgan fingerprint density at radius 1 is 1.42 bits per heavy atom. The van der Waals surface area contributed by atoms with Gasteiger partial charge in [0.15, 0.2) is 0 Å². The molecule has 0 bridgehead atoms. The molecule has 0 unspecified atom stereocenters. The van der Waals surface area contributed by atoms with Crippen molar-refractivity contribution < 1.29 is 13.5 Å². The number of hydrogen-bond acceptors (Lipinski definition) is 5. The van der Waals surface area contributed by atoms with Crippen LogP contribution in [0.3, 0.4) is 0 Å². The minimum atomic E-state index is -3.66. The van der Waals surface area contributed by atoms with Gasteiger partial charge in [-0.3, -0.25) is 0 Å². The molecule has 2 N–H and O–H groups in total. The average Bonchev–Trinajstić information content (AvgIpc) is 2.39. The maximum atomic E-state index is 12.4. The third-order valence-electron chi connectivity index (χ3n) is 2.99. The molecule has 0 radical (unpaired) electrons. The minimum Gasteiger partial charge on any atom is -0.394 e. The molecular formula is C12H21N3O3S. The van der Waals surface area contributed by atoms with E-state index in [-0.39, 0.29) is 11.5 Å². The predicted molar refractivity (Wildman–Crippen MR) is 74.5 cm³/mol. The second-order valence-electron chi connectivity index (χ2n) is 4.85. The van der Waals surface area contributed by atoms with Crippen molar-refractivity contribution in [1.82, 2.24) is 9.29 Å². The van der Waals surface area contributed by atoms with E-state index in [1.807, 2.05) is 6.92 Å². The van der Waals surface area contributed by atoms with Crippen molar-refractivity contribution in [2.45, 2.75) is 31.2 Å². The lowest BCUT2D eigenvalue weighted by Gasteiger charge is -2.32. The number of nitrogens with one attached hydrogen (secondary N) is 1. The Hall–Kier alpha value is -1.18. The van der Waals surface area contributed by atoms with E-state index in [0.717, 1.165) is 10.8 Å². The fourth-order valence-corrected chi connectivity index (χ4v) is 2.85. The van der Waals surface area contributed by atoms with E-state index in [1.54, 1.807) is 19.9 Å². The number of likely N-dealkylation sites (N-methyl/N-ethyl adjacent to an activating group) is 1. The maximum absolute atomic E-state index is 12.4. The lowest BCUT2D eigenvalue weighted by molar-refractivity contribution is 0.138. The average molecular weight is 287 g/mol. The molecule has 108 valence electrons. The van der Waals surface area contributed by atoms with E-state index >= 15 is 0 Å². The van der Waals surface area contributed by atoms with Crippen LogP contribution in [0.5, 0.6) is 0 Å². The first-order valence-corrected chi connectivity index (χ1v) is 7.49. The number of sulfonamides is 1. The van der Waals surface area contributed by atoms with Crippen LogP contribution in [0.1, 0.15) is 20.8 Å². The van der Waals surface area contributed by atoms with E-state index < -0.39 is 15.6 Å². The Kier molecular flexibility index (Phi) is 4.89. The molecule has 0 aliphatic heterocycles. The smallest absolute Gasteiger partial charge is 0.244 e. The van der Waals surface area contributed by atoms with E-state index in [0.29, 0.717) is 5.82 Å². The van der Waals surface area contributed by atoms with E-state index in [1.165, 1.54) is 19.3 Å². The summed E-state index contributed by atoms with van der Waals surface area (Å²) in [5.74, 6) is 0.630. The third-order valence-corrected chi connectivity index (χ3v) is 5.04. The quantitative estimate of drug-likeness (QED) is 0.812. The van der Waals surface area contributed by atoms with Crippen LogP contribution in [-0.2, 0) is 10.0 Å². The standard InChI is InChI=1S/C12H21N3O3S/c1-5-13-11-7-6-10(8-14-11)19(17,18)15(4)12(2,3)9-16/h6-8,16H,5,9H2,1-4H3,(H,13,14). The fourth-order valence-electron chi connectivity index (χ4n) is 1.40. The zero-order valence-corrected chi connectivity index (χ0v) is 12.5. The van der Waals surface area contributed by atoms with Gasteiger partial charge in [0.1, 0.15) is 10.7 Å². The molecule has 0 saturated heterocycles. The second-order valence-corrected chi connectivity index (χ2v) is 6.82. The van der Waals surface area contributed by atoms with Gasteiger partial charge < -0.3 is 10.4 Å². The molecule has 0 fully saturated rings. The number of pyridine rings is 1. The molecule has 0 saturated carbocycles. The van der Waals surface area contributed by atoms with E-state index in [4.69, 9.17) is 0 Å². The van der Waals surface area contributed by atoms with Crippen LogP contribution in [0.4, 0.5) is 5.82 Å². The molecule has 0 aromatic carbocycles. The van der Waals surface area contributed by atoms with Crippen LogP contribution in [0.15, 0.2) is 23.2 Å². The van der Waals surface area contributed by atoms with Gasteiger partial charge in [-0.2, -0.15) is 4.31 Å². The van der Waals surface area contributed by atoms with Crippen molar-refractivity contribution in [2.75, 3.05) is 25.5 Å². The SMILES string of the molecule is CCNc1ccc(S(=O)(=O)N(C)C(C)(C)CO)cn1. The Balaban J connectivity index is 3.07. The first-order chi connectivity index (χ1) is 8.75. The zero-order chi connectivity index (χ0) is 14.7. The zero-order valence-electron chi connectivity index (χ0n) is 11.7. The molecule has 1 aromatic rings. The molecule has 0 aliphatic carbocycles. The van der Waals surface area contributed by atoms with Gasteiger partial charge in [-0.15, -0.1) is 0 Å². The van der Waals surface area contributed by atoms with Crippen LogP contribution in [0.2, 0.25) is 0 Å². The third kappa shape index (κ3) is 3.43. The lowest BCUT2D eigenvalue weighted by atomic mass is 10.1. The molecule has 6 nitrogen and oxygen atoms in total. The van der Waals surface area contributed by atoms with E-state index in [2.05, 4.69) is 10.3 Å². The summed E-state index contributed by atoms with van der Waals surface area (Å²) in [4.78, 5) is 4.15. The van der Waals surface area contributed by atoms with Gasteiger partial charge in [0.25, 0.3) is 0 Å². The molecule has 0 atom stereocenters. The Morgan fingerprint density at radius 2 is 2.05 bits per heavy atom. The van der Waals surface area contributed by atoms with Gasteiger partial charge in [0, 0.05) is 19.8 Å². The van der Waals surface area contributed by atoms with Gasteiger partial charge in [0.05, 0.1) is 12.1 Å². The number of aliphatic hydroxyl groups excluding tert-OH is 1. The first kappa shape index (κ1) is 15.9. The highest BCUT2D eigenvalue weighted by Gasteiger charge is 2.33. The van der Waals surface area contributed by atoms with Crippen molar-refractivity contribution in [3.63, 3.8) is 0 Å². The Bertz CT molecular complexity index is 512. The number of anilines is 1. The van der Waals surface area contributed by atoms with Crippen molar-refractivity contribution in [2.24, 2.45) is 0 Å². The Labute approximate surface area is 114 Å². The number of rotatable bonds is 6. The number of nitrogens with zero attached hydrogens (tertiary/aromatic N) is 2. The number of hydrogen-bond donors (Lipinski definition) is 2. The summed E-state index contributed by atoms with van der Waals surface area (Å²) in [6.07, 6.45) is 1.32. The maximum Gasteiger partial charge on any atom is 0.244 e. The van der Waals surface area contributed by atoms with E-state index in [9.17, 15) is 13.5 Å². The lowest BCUT2D eigenvalue weighted by Crippen LogP contribution is -2.47. The van der Waals surface area contributed by atoms with Gasteiger partial charge in [0.2, 0.25) is 10.0 Å². The summed E-state index contributed by atoms with van der Waals surface area (Å²) in [6, 6.07) is 3.13. The molecular weight excluding hydrogens is 266 g/mol. The van der Waals surface area contributed by atoms with Crippen LogP contribution in [0, 0.1) is 0 Å². The molecule has 7 heteroatoms. The van der Waals surface area contributed by atoms with Gasteiger partial charge in [-0.25, -0.2) is 13.4 Å². The molecule has 19 heavy (non-hydrogen) atoms. The predicted octanol–water partition coefficient (Wildman–Crippen LogP) is 0.905. The molecule has 1 rings (SSSR count). The fraction of sp³-hybridized carbons (Fsp3) is 0.583. The van der Waals surface area contributed by atoms with Crippen molar-refractivity contribution in [3.05, 3.63) is 18.3 Å². The Morgan fingerprint density at radius 3 is 2.47 bits per heavy atom. The van der Waals surface area contributed by atoms with Gasteiger partial charge in [-0.1, -0.05) is 0 Å². The highest BCUT2D eigenvalue weighted by atomic mass is 32.2. The van der Waals surface area contributed by atoms with Crippen LogP contribution < -0.4 is 5.32 Å². The summed E-state index contributed by atoms with van der Waals surface area (Å²) in [7, 11) is -2.21. The minimum absolute atomic E-state index is 0.109. The topological polar surface area (TPSA) is 82.5 Å². The summed E-state index contributed by atoms with van der Waals surface area (Å²) in [5, 5.41) is 12.3. The highest BCUT2D eigenvalue weighted by molar-refractivity contribution is 7.89. The van der Waals surface area contributed by atoms with Crippen LogP contribution >= 0.6 is 0 Å². The van der Waals surface area contributed by atoms with Gasteiger partial charge in [-0.05, 0) is 32.9 Å². The molecule has 1 heterocycles. The van der Waals surface area contributed by atoms with Crippen molar-refractivity contribution in [3.8, 4) is 0 Å². The summed E-state index contributed by atoms with van der Waals surface area (Å²) in [5.41, 5.74) is -0.862. The normalized spacial score (nSPS) is 12.7. The monoisotopic (exact) mass is 287 g/mol. The molecule has 1 aromatic heterocycles. The molecule has 0 aliphatic rings.